The van der Waals surface area contributed by atoms with Crippen molar-refractivity contribution in [2.24, 2.45) is 4.99 Å². The summed E-state index contributed by atoms with van der Waals surface area (Å²) in [5, 5.41) is 3.90. The average molecular weight is 485 g/mol. The van der Waals surface area contributed by atoms with Crippen molar-refractivity contribution in [3.63, 3.8) is 0 Å². The first-order valence-electron chi connectivity index (χ1n) is 8.58. The van der Waals surface area contributed by atoms with Gasteiger partial charge in [0.15, 0.2) is 0 Å². The summed E-state index contributed by atoms with van der Waals surface area (Å²) in [5.74, 6) is -0.384. The molecule has 1 amide bonds. The van der Waals surface area contributed by atoms with Crippen LogP contribution in [0.1, 0.15) is 21.7 Å². The number of hydrogen-bond donors (Lipinski definition) is 2. The molecule has 0 aliphatic carbocycles. The van der Waals surface area contributed by atoms with Gasteiger partial charge >= 0.3 is 0 Å². The highest BCUT2D eigenvalue weighted by atomic mass is 127. The van der Waals surface area contributed by atoms with Crippen LogP contribution in [0, 0.1) is 0 Å². The summed E-state index contributed by atoms with van der Waals surface area (Å²) in [4.78, 5) is 36.4. The Bertz CT molecular complexity index is 1260. The molecule has 3 aromatic heterocycles. The summed E-state index contributed by atoms with van der Waals surface area (Å²) in [6.45, 7) is 0.334. The Morgan fingerprint density at radius 3 is 3.00 bits per heavy atom. The molecule has 0 unspecified atom stereocenters. The number of aromatic nitrogens is 3. The first-order chi connectivity index (χ1) is 13.6. The molecule has 3 heterocycles. The van der Waals surface area contributed by atoms with Crippen LogP contribution in [0.4, 0.5) is 0 Å². The number of aromatic amines is 1. The number of H-pyrrole nitrogens is 1. The summed E-state index contributed by atoms with van der Waals surface area (Å²) >= 11 is 2.19. The Hall–Kier alpha value is -3.01. The standard InChI is InChI=1S/C20H16IN5O2/c21-12-22-11-15-8-14-5-4-13(7-16(14)24-15)10-23-20(28)17-9-19(27)26-6-2-1-3-18(26)25-17/h1-9,11,24H,10,12H2,(H,23,28). The monoisotopic (exact) mass is 485 g/mol. The zero-order chi connectivity index (χ0) is 19.5. The minimum atomic E-state index is -0.384. The van der Waals surface area contributed by atoms with E-state index in [4.69, 9.17) is 0 Å². The minimum Gasteiger partial charge on any atom is -0.354 e. The van der Waals surface area contributed by atoms with Gasteiger partial charge < -0.3 is 10.3 Å². The molecule has 0 aliphatic heterocycles. The van der Waals surface area contributed by atoms with Crippen LogP contribution in [0.5, 0.6) is 0 Å². The van der Waals surface area contributed by atoms with Gasteiger partial charge in [0.25, 0.3) is 11.5 Å². The van der Waals surface area contributed by atoms with Crippen molar-refractivity contribution < 1.29 is 4.79 Å². The SMILES string of the molecule is O=C(NCc1ccc2cc(C=NCI)[nH]c2c1)c1cc(=O)n2ccccc2n1. The lowest BCUT2D eigenvalue weighted by molar-refractivity contribution is 0.0946. The quantitative estimate of drug-likeness (QED) is 0.197. The number of aliphatic imine (C=N–C) groups is 1. The minimum absolute atomic E-state index is 0.106. The molecule has 8 heteroatoms. The molecule has 0 saturated heterocycles. The van der Waals surface area contributed by atoms with Gasteiger partial charge in [-0.25, -0.2) is 4.98 Å². The summed E-state index contributed by atoms with van der Waals surface area (Å²) in [6.07, 6.45) is 3.43. The van der Waals surface area contributed by atoms with Crippen molar-refractivity contribution in [2.75, 3.05) is 4.55 Å². The number of alkyl halides is 1. The van der Waals surface area contributed by atoms with E-state index in [-0.39, 0.29) is 17.2 Å². The molecular weight excluding hydrogens is 469 g/mol. The van der Waals surface area contributed by atoms with Gasteiger partial charge in [0.05, 0.1) is 10.2 Å². The van der Waals surface area contributed by atoms with E-state index in [9.17, 15) is 9.59 Å². The van der Waals surface area contributed by atoms with Crippen molar-refractivity contribution >= 4 is 51.3 Å². The number of rotatable bonds is 5. The third-order valence-electron chi connectivity index (χ3n) is 4.26. The lowest BCUT2D eigenvalue weighted by Crippen LogP contribution is -2.26. The number of pyridine rings is 1. The molecular formula is C20H16IN5O2. The van der Waals surface area contributed by atoms with Crippen LogP contribution < -0.4 is 10.9 Å². The van der Waals surface area contributed by atoms with Crippen molar-refractivity contribution in [1.29, 1.82) is 0 Å². The third-order valence-corrected chi connectivity index (χ3v) is 4.66. The van der Waals surface area contributed by atoms with Crippen LogP contribution in [0.15, 0.2) is 64.5 Å². The van der Waals surface area contributed by atoms with Gasteiger partial charge in [0.2, 0.25) is 0 Å². The van der Waals surface area contributed by atoms with Gasteiger partial charge in [0, 0.05) is 35.9 Å². The average Bonchev–Trinajstić information content (AvgIpc) is 3.12. The topological polar surface area (TPSA) is 91.6 Å². The van der Waals surface area contributed by atoms with Crippen molar-refractivity contribution in [2.45, 2.75) is 6.54 Å². The predicted octanol–water partition coefficient (Wildman–Crippen LogP) is 2.92. The highest BCUT2D eigenvalue weighted by Crippen LogP contribution is 2.16. The number of halogens is 1. The zero-order valence-corrected chi connectivity index (χ0v) is 16.9. The van der Waals surface area contributed by atoms with E-state index >= 15 is 0 Å². The maximum Gasteiger partial charge on any atom is 0.270 e. The molecule has 0 fully saturated rings. The molecule has 0 bridgehead atoms. The Balaban J connectivity index is 1.51. The molecule has 4 aromatic rings. The van der Waals surface area contributed by atoms with Crippen LogP contribution >= 0.6 is 22.6 Å². The van der Waals surface area contributed by atoms with Crippen LogP contribution in [-0.2, 0) is 6.54 Å². The molecule has 2 N–H and O–H groups in total. The maximum atomic E-state index is 12.5. The molecule has 7 nitrogen and oxygen atoms in total. The third kappa shape index (κ3) is 3.81. The normalized spacial score (nSPS) is 11.5. The number of carbonyl (C=O) groups is 1. The molecule has 1 aromatic carbocycles. The van der Waals surface area contributed by atoms with Gasteiger partial charge in [0.1, 0.15) is 11.3 Å². The lowest BCUT2D eigenvalue weighted by atomic mass is 10.1. The Morgan fingerprint density at radius 2 is 2.14 bits per heavy atom. The van der Waals surface area contributed by atoms with Gasteiger partial charge in [-0.1, -0.05) is 40.8 Å². The molecule has 0 saturated carbocycles. The van der Waals surface area contributed by atoms with Crippen molar-refractivity contribution in [3.05, 3.63) is 82.0 Å². The van der Waals surface area contributed by atoms with E-state index < -0.39 is 0 Å². The number of carbonyl (C=O) groups excluding carboxylic acids is 1. The second-order valence-corrected chi connectivity index (χ2v) is 6.85. The van der Waals surface area contributed by atoms with Crippen LogP contribution in [-0.4, -0.2) is 31.0 Å². The van der Waals surface area contributed by atoms with Crippen LogP contribution in [0.3, 0.4) is 0 Å². The summed E-state index contributed by atoms with van der Waals surface area (Å²) < 4.78 is 2.10. The van der Waals surface area contributed by atoms with Gasteiger partial charge in [-0.3, -0.25) is 19.0 Å². The molecule has 28 heavy (non-hydrogen) atoms. The molecule has 140 valence electrons. The largest absolute Gasteiger partial charge is 0.354 e. The van der Waals surface area contributed by atoms with E-state index in [0.717, 1.165) is 22.2 Å². The second kappa shape index (κ2) is 7.93. The first-order valence-corrected chi connectivity index (χ1v) is 10.1. The second-order valence-electron chi connectivity index (χ2n) is 6.17. The van der Waals surface area contributed by atoms with E-state index in [1.54, 1.807) is 30.6 Å². The Morgan fingerprint density at radius 1 is 1.25 bits per heavy atom. The molecule has 0 atom stereocenters. The molecule has 4 rings (SSSR count). The zero-order valence-electron chi connectivity index (χ0n) is 14.7. The van der Waals surface area contributed by atoms with Gasteiger partial charge in [-0.05, 0) is 29.8 Å². The van der Waals surface area contributed by atoms with E-state index in [2.05, 4.69) is 42.9 Å². The summed E-state index contributed by atoms with van der Waals surface area (Å²) in [7, 11) is 0. The summed E-state index contributed by atoms with van der Waals surface area (Å²) in [5.41, 5.74) is 3.11. The number of nitrogens with zero attached hydrogens (tertiary/aromatic N) is 3. The highest BCUT2D eigenvalue weighted by Gasteiger charge is 2.10. The Labute approximate surface area is 173 Å². The van der Waals surface area contributed by atoms with E-state index in [1.165, 1.54) is 10.5 Å². The number of benzene rings is 1. The fourth-order valence-corrected chi connectivity index (χ4v) is 3.15. The van der Waals surface area contributed by atoms with Crippen LogP contribution in [0.2, 0.25) is 0 Å². The van der Waals surface area contributed by atoms with Crippen molar-refractivity contribution in [3.8, 4) is 0 Å². The van der Waals surface area contributed by atoms with Gasteiger partial charge in [-0.2, -0.15) is 0 Å². The van der Waals surface area contributed by atoms with Crippen molar-refractivity contribution in [1.82, 2.24) is 19.7 Å². The maximum absolute atomic E-state index is 12.5. The van der Waals surface area contributed by atoms with Crippen LogP contribution in [0.25, 0.3) is 16.6 Å². The predicted molar refractivity (Wildman–Crippen MR) is 117 cm³/mol. The molecule has 0 spiro atoms. The number of amides is 1. The van der Waals surface area contributed by atoms with E-state index in [1.807, 2.05) is 24.3 Å². The lowest BCUT2D eigenvalue weighted by Gasteiger charge is -2.06. The van der Waals surface area contributed by atoms with E-state index in [0.29, 0.717) is 16.7 Å². The number of nitrogens with one attached hydrogen (secondary N) is 2. The number of fused-ring (bicyclic) bond motifs is 2. The smallest absolute Gasteiger partial charge is 0.270 e. The fourth-order valence-electron chi connectivity index (χ4n) is 2.95. The Kier molecular flexibility index (Phi) is 5.20. The number of hydrogen-bond acceptors (Lipinski definition) is 4. The molecule has 0 radical (unpaired) electrons. The fraction of sp³-hybridized carbons (Fsp3) is 0.100. The van der Waals surface area contributed by atoms with Gasteiger partial charge in [-0.15, -0.1) is 0 Å². The molecule has 0 aliphatic rings. The highest BCUT2D eigenvalue weighted by molar-refractivity contribution is 14.1. The summed E-state index contributed by atoms with van der Waals surface area (Å²) in [6, 6.07) is 14.4. The first kappa shape index (κ1) is 18.4.